The lowest BCUT2D eigenvalue weighted by atomic mass is 9.92. The molecule has 1 heterocycles. The molecule has 0 aromatic carbocycles. The van der Waals surface area contributed by atoms with Crippen LogP contribution in [0.15, 0.2) is 23.4 Å². The number of aromatic nitrogens is 1. The molecular weight excluding hydrogens is 288 g/mol. The maximum atomic E-state index is 12.3. The van der Waals surface area contributed by atoms with E-state index in [2.05, 4.69) is 9.71 Å². The molecular formula is C14H20N4O2S. The third-order valence-corrected chi connectivity index (χ3v) is 5.23. The molecule has 2 rings (SSSR count). The van der Waals surface area contributed by atoms with Crippen LogP contribution in [0.25, 0.3) is 0 Å². The van der Waals surface area contributed by atoms with Gasteiger partial charge >= 0.3 is 0 Å². The molecule has 6 nitrogen and oxygen atoms in total. The van der Waals surface area contributed by atoms with E-state index in [0.29, 0.717) is 0 Å². The molecule has 1 aliphatic carbocycles. The first-order chi connectivity index (χ1) is 9.95. The topological polar surface area (TPSA) is 109 Å². The van der Waals surface area contributed by atoms with E-state index < -0.39 is 15.6 Å². The fourth-order valence-electron chi connectivity index (χ4n) is 2.56. The Balaban J connectivity index is 2.08. The predicted octanol–water partition coefficient (Wildman–Crippen LogP) is 1.28. The molecule has 0 saturated heterocycles. The Labute approximate surface area is 125 Å². The fraction of sp³-hybridized carbons (Fsp3) is 0.571. The van der Waals surface area contributed by atoms with E-state index in [1.807, 2.05) is 6.07 Å². The molecule has 0 bridgehead atoms. The highest BCUT2D eigenvalue weighted by atomic mass is 32.2. The highest BCUT2D eigenvalue weighted by Gasteiger charge is 2.28. The van der Waals surface area contributed by atoms with Gasteiger partial charge in [-0.15, -0.1) is 0 Å². The average molecular weight is 308 g/mol. The molecule has 0 spiro atoms. The zero-order valence-electron chi connectivity index (χ0n) is 11.9. The lowest BCUT2D eigenvalue weighted by Crippen LogP contribution is -2.49. The Morgan fingerprint density at radius 3 is 2.57 bits per heavy atom. The van der Waals surface area contributed by atoms with Crippen LogP contribution in [0.4, 0.5) is 0 Å². The van der Waals surface area contributed by atoms with Gasteiger partial charge in [-0.1, -0.05) is 25.7 Å². The average Bonchev–Trinajstić information content (AvgIpc) is 2.71. The second kappa shape index (κ2) is 6.52. The van der Waals surface area contributed by atoms with Crippen LogP contribution in [-0.4, -0.2) is 25.5 Å². The third kappa shape index (κ3) is 4.24. The SMILES string of the molecule is N#Cc1cncc(S(=O)(=O)NCC2(N)CCCCCC2)c1. The molecule has 1 aromatic heterocycles. The largest absolute Gasteiger partial charge is 0.324 e. The molecule has 1 aromatic rings. The predicted molar refractivity (Wildman–Crippen MR) is 78.8 cm³/mol. The summed E-state index contributed by atoms with van der Waals surface area (Å²) in [7, 11) is -3.69. The van der Waals surface area contributed by atoms with Crippen molar-refractivity contribution in [2.45, 2.75) is 49.0 Å². The zero-order valence-corrected chi connectivity index (χ0v) is 12.7. The first-order valence-electron chi connectivity index (χ1n) is 7.09. The van der Waals surface area contributed by atoms with Crippen molar-refractivity contribution in [2.75, 3.05) is 6.54 Å². The van der Waals surface area contributed by atoms with Gasteiger partial charge in [-0.25, -0.2) is 13.1 Å². The molecule has 3 N–H and O–H groups in total. The molecule has 0 amide bonds. The van der Waals surface area contributed by atoms with Gasteiger partial charge in [0, 0.05) is 24.5 Å². The molecule has 1 aliphatic rings. The number of pyridine rings is 1. The number of hydrogen-bond donors (Lipinski definition) is 2. The molecule has 0 aliphatic heterocycles. The smallest absolute Gasteiger partial charge is 0.242 e. The molecule has 1 fully saturated rings. The summed E-state index contributed by atoms with van der Waals surface area (Å²) in [5.41, 5.74) is 6.04. The van der Waals surface area contributed by atoms with E-state index in [1.165, 1.54) is 18.5 Å². The summed E-state index contributed by atoms with van der Waals surface area (Å²) in [6.45, 7) is 0.214. The van der Waals surface area contributed by atoms with Gasteiger partial charge in [-0.3, -0.25) is 4.98 Å². The Morgan fingerprint density at radius 2 is 1.95 bits per heavy atom. The van der Waals surface area contributed by atoms with Crippen LogP contribution < -0.4 is 10.5 Å². The minimum atomic E-state index is -3.69. The molecule has 21 heavy (non-hydrogen) atoms. The number of hydrogen-bond acceptors (Lipinski definition) is 5. The minimum absolute atomic E-state index is 0.00114. The van der Waals surface area contributed by atoms with Crippen LogP contribution in [0.5, 0.6) is 0 Å². The number of sulfonamides is 1. The van der Waals surface area contributed by atoms with Gasteiger partial charge in [0.1, 0.15) is 11.0 Å². The summed E-state index contributed by atoms with van der Waals surface area (Å²) >= 11 is 0. The molecule has 7 heteroatoms. The first-order valence-corrected chi connectivity index (χ1v) is 8.57. The lowest BCUT2D eigenvalue weighted by Gasteiger charge is -2.28. The number of nitrogens with zero attached hydrogens (tertiary/aromatic N) is 2. The Kier molecular flexibility index (Phi) is 4.93. The van der Waals surface area contributed by atoms with Crippen LogP contribution >= 0.6 is 0 Å². The van der Waals surface area contributed by atoms with E-state index in [9.17, 15) is 8.42 Å². The summed E-state index contributed by atoms with van der Waals surface area (Å²) in [5.74, 6) is 0. The normalized spacial score (nSPS) is 18.7. The monoisotopic (exact) mass is 308 g/mol. The van der Waals surface area contributed by atoms with Crippen LogP contribution in [0.1, 0.15) is 44.1 Å². The highest BCUT2D eigenvalue weighted by Crippen LogP contribution is 2.24. The van der Waals surface area contributed by atoms with Gasteiger partial charge in [-0.2, -0.15) is 5.26 Å². The second-order valence-corrected chi connectivity index (χ2v) is 7.39. The number of nitrogens with two attached hydrogens (primary N) is 1. The Morgan fingerprint density at radius 1 is 1.29 bits per heavy atom. The van der Waals surface area contributed by atoms with Crippen molar-refractivity contribution in [3.05, 3.63) is 24.0 Å². The maximum Gasteiger partial charge on any atom is 0.242 e. The summed E-state index contributed by atoms with van der Waals surface area (Å²) in [6.07, 6.45) is 8.58. The van der Waals surface area contributed by atoms with Crippen LogP contribution in [0.2, 0.25) is 0 Å². The fourth-order valence-corrected chi connectivity index (χ4v) is 3.68. The van der Waals surface area contributed by atoms with E-state index in [1.54, 1.807) is 0 Å². The van der Waals surface area contributed by atoms with Gasteiger partial charge in [0.2, 0.25) is 10.0 Å². The lowest BCUT2D eigenvalue weighted by molar-refractivity contribution is 0.369. The van der Waals surface area contributed by atoms with Crippen LogP contribution in [0.3, 0.4) is 0 Å². The van der Waals surface area contributed by atoms with Gasteiger partial charge in [0.05, 0.1) is 5.56 Å². The summed E-state index contributed by atoms with van der Waals surface area (Å²) < 4.78 is 27.1. The van der Waals surface area contributed by atoms with Crippen molar-refractivity contribution in [1.82, 2.24) is 9.71 Å². The quantitative estimate of drug-likeness (QED) is 0.814. The number of nitriles is 1. The van der Waals surface area contributed by atoms with E-state index in [0.717, 1.165) is 38.5 Å². The van der Waals surface area contributed by atoms with E-state index >= 15 is 0 Å². The summed E-state index contributed by atoms with van der Waals surface area (Å²) in [5, 5.41) is 8.81. The third-order valence-electron chi connectivity index (χ3n) is 3.87. The summed E-state index contributed by atoms with van der Waals surface area (Å²) in [4.78, 5) is 3.77. The molecule has 0 unspecified atom stereocenters. The van der Waals surface area contributed by atoms with Crippen LogP contribution in [0, 0.1) is 11.3 Å². The first kappa shape index (κ1) is 15.9. The van der Waals surface area contributed by atoms with E-state index in [-0.39, 0.29) is 17.0 Å². The standard InChI is InChI=1S/C14H20N4O2S/c15-8-12-7-13(10-17-9-12)21(19,20)18-11-14(16)5-3-1-2-4-6-14/h7,9-10,18H,1-6,11,16H2. The Bertz CT molecular complexity index is 629. The van der Waals surface area contributed by atoms with Crippen molar-refractivity contribution in [3.8, 4) is 6.07 Å². The summed E-state index contributed by atoms with van der Waals surface area (Å²) in [6, 6.07) is 3.19. The second-order valence-electron chi connectivity index (χ2n) is 5.62. The van der Waals surface area contributed by atoms with Crippen molar-refractivity contribution in [1.29, 1.82) is 5.26 Å². The van der Waals surface area contributed by atoms with Crippen molar-refractivity contribution in [3.63, 3.8) is 0 Å². The van der Waals surface area contributed by atoms with Crippen molar-refractivity contribution in [2.24, 2.45) is 5.73 Å². The van der Waals surface area contributed by atoms with Gasteiger partial charge in [0.25, 0.3) is 0 Å². The van der Waals surface area contributed by atoms with Gasteiger partial charge in [-0.05, 0) is 18.9 Å². The van der Waals surface area contributed by atoms with E-state index in [4.69, 9.17) is 11.0 Å². The van der Waals surface area contributed by atoms with Gasteiger partial charge < -0.3 is 5.73 Å². The number of nitrogens with one attached hydrogen (secondary N) is 1. The number of rotatable bonds is 4. The minimum Gasteiger partial charge on any atom is -0.324 e. The Hall–Kier alpha value is -1.49. The van der Waals surface area contributed by atoms with Crippen molar-refractivity contribution >= 4 is 10.0 Å². The zero-order chi connectivity index (χ0) is 15.3. The van der Waals surface area contributed by atoms with Crippen LogP contribution in [-0.2, 0) is 10.0 Å². The van der Waals surface area contributed by atoms with Crippen molar-refractivity contribution < 1.29 is 8.42 Å². The molecule has 0 atom stereocenters. The molecule has 1 saturated carbocycles. The molecule has 0 radical (unpaired) electrons. The molecule has 114 valence electrons. The highest BCUT2D eigenvalue weighted by molar-refractivity contribution is 7.89. The van der Waals surface area contributed by atoms with Gasteiger partial charge in [0.15, 0.2) is 0 Å². The maximum absolute atomic E-state index is 12.3.